The molecule has 28 heavy (non-hydrogen) atoms. The monoisotopic (exact) mass is 379 g/mol. The first-order valence-electron chi connectivity index (χ1n) is 8.96. The van der Waals surface area contributed by atoms with E-state index in [-0.39, 0.29) is 12.2 Å². The van der Waals surface area contributed by atoms with Gasteiger partial charge in [0.2, 0.25) is 0 Å². The van der Waals surface area contributed by atoms with Crippen molar-refractivity contribution in [3.05, 3.63) is 102 Å². The second kappa shape index (κ2) is 11.5. The Balaban J connectivity index is 0.000000203. The molecule has 0 aliphatic rings. The summed E-state index contributed by atoms with van der Waals surface area (Å²) in [5.74, 6) is -0.860. The Labute approximate surface area is 165 Å². The van der Waals surface area contributed by atoms with Crippen LogP contribution in [0.4, 0.5) is 0 Å². The summed E-state index contributed by atoms with van der Waals surface area (Å²) in [5.41, 5.74) is 8.56. The Morgan fingerprint density at radius 3 is 1.68 bits per heavy atom. The molecule has 3 rings (SSSR count). The molecule has 5 nitrogen and oxygen atoms in total. The minimum atomic E-state index is -1.02. The van der Waals surface area contributed by atoms with Crippen molar-refractivity contribution >= 4 is 5.97 Å². The maximum Gasteiger partial charge on any atom is 0.320 e. The number of phenols is 1. The van der Waals surface area contributed by atoms with Crippen LogP contribution in [0.15, 0.2) is 84.9 Å². The Morgan fingerprint density at radius 1 is 0.786 bits per heavy atom. The fourth-order valence-corrected chi connectivity index (χ4v) is 2.41. The summed E-state index contributed by atoms with van der Waals surface area (Å²) in [4.78, 5) is 10.4. The number of phenolic OH excluding ortho intramolecular Hbond substituents is 1. The fraction of sp³-hybridized carbons (Fsp3) is 0.174. The number of aliphatic carboxylic acids is 1. The zero-order chi connectivity index (χ0) is 20.2. The molecule has 0 bridgehead atoms. The van der Waals surface area contributed by atoms with Gasteiger partial charge in [-0.2, -0.15) is 0 Å². The molecule has 4 N–H and O–H groups in total. The van der Waals surface area contributed by atoms with Crippen LogP contribution >= 0.6 is 0 Å². The van der Waals surface area contributed by atoms with E-state index < -0.39 is 12.0 Å². The number of nitrogens with two attached hydrogens (primary N) is 1. The molecule has 0 heterocycles. The second-order valence-corrected chi connectivity index (χ2v) is 6.28. The first kappa shape index (κ1) is 21.2. The van der Waals surface area contributed by atoms with Crippen LogP contribution in [0.1, 0.15) is 16.7 Å². The van der Waals surface area contributed by atoms with E-state index in [0.717, 1.165) is 5.56 Å². The van der Waals surface area contributed by atoms with Crippen LogP contribution < -0.4 is 5.73 Å². The third-order valence-electron chi connectivity index (χ3n) is 3.93. The van der Waals surface area contributed by atoms with E-state index in [9.17, 15) is 4.79 Å². The SMILES string of the molecule is NC(Cc1ccc(O)cc1)C(=O)O.c1ccc(COCc2ccccc2)cc1. The summed E-state index contributed by atoms with van der Waals surface area (Å²) in [6.45, 7) is 1.35. The standard InChI is InChI=1S/C14H14O.C9H11NO3/c1-3-7-13(8-4-1)11-15-12-14-9-5-2-6-10-14;10-8(9(12)13)5-6-1-3-7(11)4-2-6/h1-10H,11-12H2;1-4,8,11H,5,10H2,(H,12,13). The van der Waals surface area contributed by atoms with Gasteiger partial charge >= 0.3 is 5.97 Å². The average molecular weight is 379 g/mol. The van der Waals surface area contributed by atoms with Crippen molar-refractivity contribution in [1.29, 1.82) is 0 Å². The molecule has 0 radical (unpaired) electrons. The molecule has 0 aliphatic heterocycles. The molecule has 5 heteroatoms. The van der Waals surface area contributed by atoms with Crippen LogP contribution in [0.3, 0.4) is 0 Å². The first-order chi connectivity index (χ1) is 13.5. The van der Waals surface area contributed by atoms with Crippen LogP contribution in [-0.4, -0.2) is 22.2 Å². The van der Waals surface area contributed by atoms with Crippen molar-refractivity contribution in [1.82, 2.24) is 0 Å². The summed E-state index contributed by atoms with van der Waals surface area (Å²) in [6, 6.07) is 25.9. The van der Waals surface area contributed by atoms with Gasteiger partial charge in [0.25, 0.3) is 0 Å². The van der Waals surface area contributed by atoms with E-state index >= 15 is 0 Å². The van der Waals surface area contributed by atoms with Crippen molar-refractivity contribution in [2.75, 3.05) is 0 Å². The molecular weight excluding hydrogens is 354 g/mol. The number of aromatic hydroxyl groups is 1. The highest BCUT2D eigenvalue weighted by Gasteiger charge is 2.11. The lowest BCUT2D eigenvalue weighted by molar-refractivity contribution is -0.138. The van der Waals surface area contributed by atoms with Crippen molar-refractivity contribution in [2.45, 2.75) is 25.7 Å². The largest absolute Gasteiger partial charge is 0.508 e. The first-order valence-corrected chi connectivity index (χ1v) is 8.96. The number of rotatable bonds is 7. The van der Waals surface area contributed by atoms with Gasteiger partial charge in [-0.3, -0.25) is 4.79 Å². The molecule has 3 aromatic rings. The van der Waals surface area contributed by atoms with Gasteiger partial charge in [-0.05, 0) is 35.2 Å². The number of hydrogen-bond acceptors (Lipinski definition) is 4. The van der Waals surface area contributed by atoms with Crippen molar-refractivity contribution in [2.24, 2.45) is 5.73 Å². The second-order valence-electron chi connectivity index (χ2n) is 6.28. The van der Waals surface area contributed by atoms with E-state index in [0.29, 0.717) is 13.2 Å². The number of carboxylic acids is 1. The smallest absolute Gasteiger partial charge is 0.320 e. The molecule has 0 aliphatic carbocycles. The van der Waals surface area contributed by atoms with Gasteiger partial charge in [0.1, 0.15) is 11.8 Å². The highest BCUT2D eigenvalue weighted by molar-refractivity contribution is 5.73. The predicted octanol–water partition coefficient (Wildman–Crippen LogP) is 3.75. The van der Waals surface area contributed by atoms with E-state index in [2.05, 4.69) is 24.3 Å². The fourth-order valence-electron chi connectivity index (χ4n) is 2.41. The van der Waals surface area contributed by atoms with E-state index in [1.165, 1.54) is 23.3 Å². The Morgan fingerprint density at radius 2 is 1.25 bits per heavy atom. The molecule has 146 valence electrons. The summed E-state index contributed by atoms with van der Waals surface area (Å²) in [7, 11) is 0. The van der Waals surface area contributed by atoms with Gasteiger partial charge in [0.05, 0.1) is 13.2 Å². The van der Waals surface area contributed by atoms with Gasteiger partial charge < -0.3 is 20.7 Å². The number of carbonyl (C=O) groups is 1. The normalized spacial score (nSPS) is 11.2. The molecule has 0 fully saturated rings. The number of carboxylic acid groups (broad SMARTS) is 1. The van der Waals surface area contributed by atoms with Crippen LogP contribution in [0.25, 0.3) is 0 Å². The number of benzene rings is 3. The lowest BCUT2D eigenvalue weighted by atomic mass is 10.1. The minimum Gasteiger partial charge on any atom is -0.508 e. The van der Waals surface area contributed by atoms with Crippen molar-refractivity contribution < 1.29 is 19.7 Å². The molecule has 3 aromatic carbocycles. The lowest BCUT2D eigenvalue weighted by Gasteiger charge is -2.05. The number of hydrogen-bond donors (Lipinski definition) is 3. The topological polar surface area (TPSA) is 92.8 Å². The quantitative estimate of drug-likeness (QED) is 0.581. The summed E-state index contributed by atoms with van der Waals surface area (Å²) in [6.07, 6.45) is 0.273. The molecule has 0 spiro atoms. The molecule has 0 amide bonds. The summed E-state index contributed by atoms with van der Waals surface area (Å²) in [5, 5.41) is 17.5. The van der Waals surface area contributed by atoms with Crippen LogP contribution in [0.5, 0.6) is 5.75 Å². The Bertz CT molecular complexity index is 781. The number of ether oxygens (including phenoxy) is 1. The van der Waals surface area contributed by atoms with Gasteiger partial charge in [-0.1, -0.05) is 72.8 Å². The molecule has 0 aromatic heterocycles. The van der Waals surface area contributed by atoms with Gasteiger partial charge in [0.15, 0.2) is 0 Å². The Kier molecular flexibility index (Phi) is 8.72. The van der Waals surface area contributed by atoms with Gasteiger partial charge in [0, 0.05) is 0 Å². The Hall–Kier alpha value is -3.15. The highest BCUT2D eigenvalue weighted by atomic mass is 16.5. The third kappa shape index (κ3) is 8.03. The zero-order valence-electron chi connectivity index (χ0n) is 15.6. The van der Waals surface area contributed by atoms with Crippen LogP contribution in [0.2, 0.25) is 0 Å². The van der Waals surface area contributed by atoms with Crippen molar-refractivity contribution in [3.63, 3.8) is 0 Å². The summed E-state index contributed by atoms with van der Waals surface area (Å²) >= 11 is 0. The van der Waals surface area contributed by atoms with Crippen molar-refractivity contribution in [3.8, 4) is 5.75 Å². The zero-order valence-corrected chi connectivity index (χ0v) is 15.6. The van der Waals surface area contributed by atoms with Crippen LogP contribution in [-0.2, 0) is 29.2 Å². The predicted molar refractivity (Wildman–Crippen MR) is 109 cm³/mol. The maximum absolute atomic E-state index is 10.4. The van der Waals surface area contributed by atoms with E-state index in [1.807, 2.05) is 36.4 Å². The van der Waals surface area contributed by atoms with Gasteiger partial charge in [-0.15, -0.1) is 0 Å². The lowest BCUT2D eigenvalue weighted by Crippen LogP contribution is -2.32. The van der Waals surface area contributed by atoms with Crippen LogP contribution in [0, 0.1) is 0 Å². The van der Waals surface area contributed by atoms with E-state index in [4.69, 9.17) is 20.7 Å². The molecule has 0 saturated heterocycles. The average Bonchev–Trinajstić information content (AvgIpc) is 2.72. The molecular formula is C23H25NO4. The molecule has 1 unspecified atom stereocenters. The van der Waals surface area contributed by atoms with Gasteiger partial charge in [-0.25, -0.2) is 0 Å². The molecule has 0 saturated carbocycles. The third-order valence-corrected chi connectivity index (χ3v) is 3.93. The highest BCUT2D eigenvalue weighted by Crippen LogP contribution is 2.10. The molecule has 1 atom stereocenters. The van der Waals surface area contributed by atoms with E-state index in [1.54, 1.807) is 12.1 Å². The maximum atomic E-state index is 10.4. The minimum absolute atomic E-state index is 0.160. The summed E-state index contributed by atoms with van der Waals surface area (Å²) < 4.78 is 5.61.